The molecule has 0 spiro atoms. The number of hydrogen-bond donors (Lipinski definition) is 1. The summed E-state index contributed by atoms with van der Waals surface area (Å²) in [5, 5.41) is 10.3. The Morgan fingerprint density at radius 2 is 2.09 bits per heavy atom. The molecule has 2 aliphatic rings. The van der Waals surface area contributed by atoms with E-state index < -0.39 is 17.7 Å². The van der Waals surface area contributed by atoms with Gasteiger partial charge in [-0.25, -0.2) is 8.78 Å². The molecule has 1 N–H and O–H groups in total. The maximum absolute atomic E-state index is 13.7. The topological polar surface area (TPSA) is 65.0 Å². The minimum atomic E-state index is -0.918. The molecule has 0 radical (unpaired) electrons. The molecular formula is C27H38F2O5. The second-order valence-electron chi connectivity index (χ2n) is 10.0. The van der Waals surface area contributed by atoms with Crippen LogP contribution in [0.4, 0.5) is 8.78 Å². The lowest BCUT2D eigenvalue weighted by atomic mass is 9.84. The number of aliphatic hydroxyl groups excluding tert-OH is 1. The Balaban J connectivity index is 1.47. The van der Waals surface area contributed by atoms with E-state index in [0.29, 0.717) is 24.2 Å². The number of halogens is 2. The zero-order chi connectivity index (χ0) is 24.7. The normalized spacial score (nSPS) is 28.0. The summed E-state index contributed by atoms with van der Waals surface area (Å²) in [4.78, 5) is 11.8. The van der Waals surface area contributed by atoms with Gasteiger partial charge in [-0.1, -0.05) is 19.1 Å². The summed E-state index contributed by atoms with van der Waals surface area (Å²) < 4.78 is 43.7. The van der Waals surface area contributed by atoms with Crippen LogP contribution in [-0.2, 0) is 14.3 Å². The van der Waals surface area contributed by atoms with Crippen molar-refractivity contribution in [2.24, 2.45) is 23.7 Å². The van der Waals surface area contributed by atoms with Gasteiger partial charge in [0.2, 0.25) is 0 Å². The van der Waals surface area contributed by atoms with Gasteiger partial charge in [0.1, 0.15) is 18.5 Å². The molecule has 0 unspecified atom stereocenters. The van der Waals surface area contributed by atoms with E-state index in [-0.39, 0.29) is 36.5 Å². The summed E-state index contributed by atoms with van der Waals surface area (Å²) in [6.45, 7) is 6.49. The summed E-state index contributed by atoms with van der Waals surface area (Å²) in [6, 6.07) is 3.00. The number of esters is 1. The van der Waals surface area contributed by atoms with Crippen molar-refractivity contribution in [3.05, 3.63) is 42.0 Å². The molecule has 0 amide bonds. The quantitative estimate of drug-likeness (QED) is 0.356. The van der Waals surface area contributed by atoms with E-state index in [9.17, 15) is 18.7 Å². The molecule has 1 aromatic carbocycles. The average molecular weight is 481 g/mol. The van der Waals surface area contributed by atoms with Gasteiger partial charge in [-0.3, -0.25) is 4.79 Å². The molecular weight excluding hydrogens is 442 g/mol. The second-order valence-corrected chi connectivity index (χ2v) is 10.0. The highest BCUT2D eigenvalue weighted by atomic mass is 19.1. The fourth-order valence-electron chi connectivity index (χ4n) is 5.20. The van der Waals surface area contributed by atoms with Gasteiger partial charge in [-0.05, 0) is 81.8 Å². The van der Waals surface area contributed by atoms with Gasteiger partial charge in [-0.15, -0.1) is 0 Å². The van der Waals surface area contributed by atoms with Gasteiger partial charge in [0.25, 0.3) is 0 Å². The summed E-state index contributed by atoms with van der Waals surface area (Å²) in [6.07, 6.45) is 8.25. The van der Waals surface area contributed by atoms with Gasteiger partial charge in [0, 0.05) is 19.1 Å². The molecule has 5 nitrogen and oxygen atoms in total. The van der Waals surface area contributed by atoms with Crippen molar-refractivity contribution in [1.29, 1.82) is 0 Å². The van der Waals surface area contributed by atoms with Crippen LogP contribution in [0, 0.1) is 35.3 Å². The Morgan fingerprint density at radius 1 is 1.29 bits per heavy atom. The van der Waals surface area contributed by atoms with Crippen molar-refractivity contribution in [2.75, 3.05) is 13.2 Å². The van der Waals surface area contributed by atoms with Crippen LogP contribution in [0.2, 0.25) is 0 Å². The predicted molar refractivity (Wildman–Crippen MR) is 125 cm³/mol. The van der Waals surface area contributed by atoms with Crippen molar-refractivity contribution >= 4 is 5.97 Å². The molecule has 0 aromatic heterocycles. The number of rotatable bonds is 10. The summed E-state index contributed by atoms with van der Waals surface area (Å²) >= 11 is 0. The molecule has 190 valence electrons. The number of allylic oxidation sites excluding steroid dienone is 1. The highest BCUT2D eigenvalue weighted by Gasteiger charge is 2.42. The van der Waals surface area contributed by atoms with Crippen LogP contribution in [0.5, 0.6) is 5.75 Å². The fraction of sp³-hybridized carbons (Fsp3) is 0.667. The Labute approximate surface area is 201 Å². The molecule has 1 saturated carbocycles. The van der Waals surface area contributed by atoms with Crippen LogP contribution >= 0.6 is 0 Å². The third kappa shape index (κ3) is 7.77. The molecule has 3 rings (SSSR count). The van der Waals surface area contributed by atoms with E-state index in [2.05, 4.69) is 6.92 Å². The molecule has 34 heavy (non-hydrogen) atoms. The lowest BCUT2D eigenvalue weighted by Crippen LogP contribution is -2.21. The molecule has 1 heterocycles. The van der Waals surface area contributed by atoms with Crippen molar-refractivity contribution in [3.8, 4) is 5.75 Å². The van der Waals surface area contributed by atoms with Crippen molar-refractivity contribution in [1.82, 2.24) is 0 Å². The highest BCUT2D eigenvalue weighted by molar-refractivity contribution is 5.69. The monoisotopic (exact) mass is 480 g/mol. The van der Waals surface area contributed by atoms with Crippen LogP contribution < -0.4 is 4.74 Å². The van der Waals surface area contributed by atoms with Crippen molar-refractivity contribution in [2.45, 2.75) is 77.6 Å². The average Bonchev–Trinajstić information content (AvgIpc) is 2.94. The number of carbonyl (C=O) groups is 1. The first-order chi connectivity index (χ1) is 16.2. The Morgan fingerprint density at radius 3 is 2.85 bits per heavy atom. The van der Waals surface area contributed by atoms with E-state index in [4.69, 9.17) is 14.2 Å². The maximum atomic E-state index is 13.7. The Bertz CT molecular complexity index is 827. The van der Waals surface area contributed by atoms with Crippen LogP contribution in [0.15, 0.2) is 30.4 Å². The van der Waals surface area contributed by atoms with Gasteiger partial charge in [0.15, 0.2) is 11.6 Å². The van der Waals surface area contributed by atoms with Gasteiger partial charge >= 0.3 is 5.97 Å². The number of aliphatic hydroxyl groups is 1. The van der Waals surface area contributed by atoms with E-state index in [1.54, 1.807) is 6.08 Å². The number of carbonyl (C=O) groups excluding carboxylic acids is 1. The molecule has 1 saturated heterocycles. The number of fused-ring (bicyclic) bond motifs is 1. The predicted octanol–water partition coefficient (Wildman–Crippen LogP) is 5.45. The third-order valence-corrected chi connectivity index (χ3v) is 6.91. The minimum absolute atomic E-state index is 0.0763. The Hall–Kier alpha value is -1.99. The minimum Gasteiger partial charge on any atom is -0.487 e. The summed E-state index contributed by atoms with van der Waals surface area (Å²) in [5.41, 5.74) is 0. The largest absolute Gasteiger partial charge is 0.487 e. The molecule has 6 atom stereocenters. The van der Waals surface area contributed by atoms with E-state index in [1.807, 2.05) is 19.9 Å². The highest BCUT2D eigenvalue weighted by Crippen LogP contribution is 2.45. The smallest absolute Gasteiger partial charge is 0.306 e. The van der Waals surface area contributed by atoms with Gasteiger partial charge in [-0.2, -0.15) is 0 Å². The zero-order valence-corrected chi connectivity index (χ0v) is 20.4. The number of ether oxygens (including phenoxy) is 3. The van der Waals surface area contributed by atoms with Crippen LogP contribution in [0.1, 0.15) is 59.3 Å². The van der Waals surface area contributed by atoms with Gasteiger partial charge < -0.3 is 19.3 Å². The molecule has 2 fully saturated rings. The number of benzene rings is 1. The third-order valence-electron chi connectivity index (χ3n) is 6.91. The van der Waals surface area contributed by atoms with E-state index in [1.165, 1.54) is 0 Å². The van der Waals surface area contributed by atoms with Crippen molar-refractivity contribution < 1.29 is 32.9 Å². The second kappa shape index (κ2) is 12.6. The lowest BCUT2D eigenvalue weighted by Gasteiger charge is -2.21. The van der Waals surface area contributed by atoms with Gasteiger partial charge in [0.05, 0.1) is 12.2 Å². The zero-order valence-electron chi connectivity index (χ0n) is 20.4. The SMILES string of the molecule is CC(C)OC(=O)CCC[C@H]1CC[C@@H]2[C@@H](/C=C/[C@@H](O)COc3cc(F)ccc3F)[C@H](C)C[C@@H]2OC1. The van der Waals surface area contributed by atoms with Crippen LogP contribution in [0.25, 0.3) is 0 Å². The van der Waals surface area contributed by atoms with Crippen LogP contribution in [-0.4, -0.2) is 42.6 Å². The number of hydrogen-bond acceptors (Lipinski definition) is 5. The first-order valence-corrected chi connectivity index (χ1v) is 12.5. The van der Waals surface area contributed by atoms with Crippen molar-refractivity contribution in [3.63, 3.8) is 0 Å². The lowest BCUT2D eigenvalue weighted by molar-refractivity contribution is -0.147. The maximum Gasteiger partial charge on any atom is 0.306 e. The fourth-order valence-corrected chi connectivity index (χ4v) is 5.20. The summed E-state index contributed by atoms with van der Waals surface area (Å²) in [7, 11) is 0. The first-order valence-electron chi connectivity index (χ1n) is 12.5. The Kier molecular flexibility index (Phi) is 9.89. The molecule has 1 aromatic rings. The summed E-state index contributed by atoms with van der Waals surface area (Å²) in [5.74, 6) is -0.0482. The molecule has 0 bridgehead atoms. The molecule has 7 heteroatoms. The van der Waals surface area contributed by atoms with E-state index in [0.717, 1.165) is 56.9 Å². The van der Waals surface area contributed by atoms with E-state index >= 15 is 0 Å². The molecule has 1 aliphatic carbocycles. The van der Waals surface area contributed by atoms with Crippen LogP contribution in [0.3, 0.4) is 0 Å². The first kappa shape index (κ1) is 26.6. The standard InChI is InChI=1S/C27H38F2O5/c1-17(2)34-27(31)6-4-5-19-7-10-23-22(18(3)13-25(23)32-15-19)11-9-21(30)16-33-26-14-20(28)8-12-24(26)29/h8-9,11-12,14,17-19,21-23,25,30H,4-7,10,13,15-16H2,1-3H3/b11-9+/t18-,19+,21-,22+,23-,25+/m1/s1. The molecule has 1 aliphatic heterocycles.